The lowest BCUT2D eigenvalue weighted by atomic mass is 9.95. The van der Waals surface area contributed by atoms with E-state index in [4.69, 9.17) is 4.74 Å². The molecular formula is C23H23N4O4+. The van der Waals surface area contributed by atoms with Crippen molar-refractivity contribution < 1.29 is 15.2 Å². The van der Waals surface area contributed by atoms with Crippen molar-refractivity contribution in [2.24, 2.45) is 0 Å². The Morgan fingerprint density at radius 2 is 1.90 bits per heavy atom. The minimum Gasteiger partial charge on any atom is -0.494 e. The highest BCUT2D eigenvalue weighted by molar-refractivity contribution is 5.85. The molecule has 8 heteroatoms. The Bertz CT molecular complexity index is 1380. The molecule has 31 heavy (non-hydrogen) atoms. The number of H-pyrrole nitrogens is 2. The van der Waals surface area contributed by atoms with E-state index >= 15 is 0 Å². The maximum Gasteiger partial charge on any atom is 0.335 e. The fourth-order valence-electron chi connectivity index (χ4n) is 4.45. The zero-order valence-electron chi connectivity index (χ0n) is 17.0. The first-order valence-electron chi connectivity index (χ1n) is 10.3. The summed E-state index contributed by atoms with van der Waals surface area (Å²) in [5.41, 5.74) is 2.33. The van der Waals surface area contributed by atoms with Gasteiger partial charge in [-0.05, 0) is 42.8 Å². The third kappa shape index (κ3) is 3.12. The van der Waals surface area contributed by atoms with Crippen LogP contribution in [0.5, 0.6) is 11.6 Å². The number of hydrogen-bond acceptors (Lipinski definition) is 4. The van der Waals surface area contributed by atoms with Gasteiger partial charge in [0.05, 0.1) is 24.5 Å². The van der Waals surface area contributed by atoms with Gasteiger partial charge < -0.3 is 20.1 Å². The van der Waals surface area contributed by atoms with Crippen LogP contribution in [0.1, 0.15) is 29.8 Å². The first-order valence-corrected chi connectivity index (χ1v) is 10.3. The van der Waals surface area contributed by atoms with Gasteiger partial charge in [-0.15, -0.1) is 0 Å². The largest absolute Gasteiger partial charge is 0.494 e. The highest BCUT2D eigenvalue weighted by atomic mass is 16.5. The topological polar surface area (TPSA) is 117 Å². The molecule has 8 nitrogen and oxygen atoms in total. The van der Waals surface area contributed by atoms with E-state index in [0.717, 1.165) is 39.7 Å². The van der Waals surface area contributed by atoms with E-state index in [0.29, 0.717) is 18.0 Å². The average Bonchev–Trinajstić information content (AvgIpc) is 3.14. The van der Waals surface area contributed by atoms with Crippen LogP contribution in [0.15, 0.2) is 58.1 Å². The number of para-hydroxylation sites is 1. The lowest BCUT2D eigenvalue weighted by molar-refractivity contribution is -0.690. The summed E-state index contributed by atoms with van der Waals surface area (Å²) in [6.07, 6.45) is 0.854. The summed E-state index contributed by atoms with van der Waals surface area (Å²) in [4.78, 5) is 31.2. The number of nitrogens with one attached hydrogen (secondary N) is 2. The van der Waals surface area contributed by atoms with E-state index < -0.39 is 17.3 Å². The number of ether oxygens (including phenoxy) is 1. The van der Waals surface area contributed by atoms with E-state index in [2.05, 4.69) is 16.0 Å². The van der Waals surface area contributed by atoms with Crippen molar-refractivity contribution >= 4 is 10.9 Å². The first-order chi connectivity index (χ1) is 15.1. The van der Waals surface area contributed by atoms with Crippen molar-refractivity contribution in [3.63, 3.8) is 0 Å². The zero-order valence-corrected chi connectivity index (χ0v) is 17.0. The van der Waals surface area contributed by atoms with Crippen molar-refractivity contribution in [3.05, 3.63) is 86.2 Å². The van der Waals surface area contributed by atoms with Crippen molar-refractivity contribution in [1.82, 2.24) is 14.5 Å². The number of aromatic amines is 2. The quantitative estimate of drug-likeness (QED) is 0.399. The molecule has 0 bridgehead atoms. The van der Waals surface area contributed by atoms with Crippen LogP contribution >= 0.6 is 0 Å². The maximum absolute atomic E-state index is 12.8. The summed E-state index contributed by atoms with van der Waals surface area (Å²) in [5.74, 6) is 0.303. The van der Waals surface area contributed by atoms with Gasteiger partial charge in [0, 0.05) is 17.3 Å². The van der Waals surface area contributed by atoms with Gasteiger partial charge >= 0.3 is 5.69 Å². The van der Waals surface area contributed by atoms with Crippen LogP contribution in [0.2, 0.25) is 0 Å². The lowest BCUT2D eigenvalue weighted by Gasteiger charge is -2.22. The lowest BCUT2D eigenvalue weighted by Crippen LogP contribution is -2.87. The molecule has 1 aliphatic heterocycles. The van der Waals surface area contributed by atoms with Gasteiger partial charge in [0.2, 0.25) is 5.88 Å². The normalized spacial score (nSPS) is 15.7. The number of nitrogens with zero attached hydrogens (tertiary/aromatic N) is 1. The molecule has 158 valence electrons. The van der Waals surface area contributed by atoms with Crippen LogP contribution in [0, 0.1) is 0 Å². The Morgan fingerprint density at radius 1 is 1.13 bits per heavy atom. The van der Waals surface area contributed by atoms with Crippen molar-refractivity contribution in [2.75, 3.05) is 13.2 Å². The molecule has 0 radical (unpaired) electrons. The predicted molar refractivity (Wildman–Crippen MR) is 116 cm³/mol. The molecule has 1 aliphatic rings. The molecule has 3 heterocycles. The Kier molecular flexibility index (Phi) is 4.63. The van der Waals surface area contributed by atoms with Gasteiger partial charge in [-0.2, -0.15) is 0 Å². The summed E-state index contributed by atoms with van der Waals surface area (Å²) < 4.78 is 6.57. The number of aromatic nitrogens is 3. The predicted octanol–water partition coefficient (Wildman–Crippen LogP) is 1.32. The van der Waals surface area contributed by atoms with Crippen molar-refractivity contribution in [1.29, 1.82) is 0 Å². The van der Waals surface area contributed by atoms with Gasteiger partial charge in [0.1, 0.15) is 11.3 Å². The van der Waals surface area contributed by atoms with Gasteiger partial charge in [-0.25, -0.2) is 9.36 Å². The average molecular weight is 419 g/mol. The van der Waals surface area contributed by atoms with E-state index in [1.165, 1.54) is 0 Å². The Balaban J connectivity index is 1.67. The summed E-state index contributed by atoms with van der Waals surface area (Å²) in [5, 5.41) is 14.2. The standard InChI is InChI=1S/C23H22N4O4/c1-2-31-14-9-7-13(8-10-14)27-22(29)18(21(28)26-23(27)30)20-19-16(11-12-24-20)15-5-3-4-6-17(15)25-19/h3-10,20,24-25,29H,2,11-12H2,1H3,(H,26,28,30)/p+1/t20-/m1/s1. The highest BCUT2D eigenvalue weighted by Gasteiger charge is 2.34. The number of fused-ring (bicyclic) bond motifs is 3. The molecule has 4 aromatic rings. The number of quaternary nitrogens is 1. The number of aromatic hydroxyl groups is 1. The second-order valence-electron chi connectivity index (χ2n) is 7.57. The number of nitrogens with two attached hydrogens (primary N) is 1. The Hall–Kier alpha value is -3.78. The third-order valence-corrected chi connectivity index (χ3v) is 5.79. The Morgan fingerprint density at radius 3 is 2.68 bits per heavy atom. The van der Waals surface area contributed by atoms with Gasteiger partial charge in [-0.1, -0.05) is 18.2 Å². The molecule has 0 fully saturated rings. The van der Waals surface area contributed by atoms with Crippen LogP contribution in [0.25, 0.3) is 16.6 Å². The van der Waals surface area contributed by atoms with Crippen LogP contribution in [-0.4, -0.2) is 32.8 Å². The van der Waals surface area contributed by atoms with E-state index in [9.17, 15) is 14.7 Å². The van der Waals surface area contributed by atoms with Gasteiger partial charge in [0.15, 0.2) is 6.04 Å². The summed E-state index contributed by atoms with van der Waals surface area (Å²) in [6.45, 7) is 3.18. The second-order valence-corrected chi connectivity index (χ2v) is 7.57. The molecule has 2 aromatic heterocycles. The third-order valence-electron chi connectivity index (χ3n) is 5.79. The molecule has 5 rings (SSSR count). The number of rotatable bonds is 4. The van der Waals surface area contributed by atoms with E-state index in [-0.39, 0.29) is 11.4 Å². The van der Waals surface area contributed by atoms with Crippen LogP contribution < -0.4 is 21.3 Å². The molecule has 0 saturated heterocycles. The smallest absolute Gasteiger partial charge is 0.335 e. The van der Waals surface area contributed by atoms with Crippen molar-refractivity contribution in [2.45, 2.75) is 19.4 Å². The molecule has 0 saturated carbocycles. The summed E-state index contributed by atoms with van der Waals surface area (Å²) >= 11 is 0. The molecule has 5 N–H and O–H groups in total. The minimum atomic E-state index is -0.692. The van der Waals surface area contributed by atoms with Gasteiger partial charge in [-0.3, -0.25) is 9.78 Å². The maximum atomic E-state index is 12.8. The first kappa shape index (κ1) is 19.2. The minimum absolute atomic E-state index is 0.154. The summed E-state index contributed by atoms with van der Waals surface area (Å²) in [6, 6.07) is 14.3. The molecule has 0 unspecified atom stereocenters. The molecular weight excluding hydrogens is 396 g/mol. The molecule has 2 aromatic carbocycles. The van der Waals surface area contributed by atoms with Crippen LogP contribution in [0.4, 0.5) is 0 Å². The molecule has 0 aliphatic carbocycles. The summed E-state index contributed by atoms with van der Waals surface area (Å²) in [7, 11) is 0. The van der Waals surface area contributed by atoms with Gasteiger partial charge in [0.25, 0.3) is 5.56 Å². The van der Waals surface area contributed by atoms with E-state index in [1.807, 2.05) is 30.4 Å². The van der Waals surface area contributed by atoms with Crippen molar-refractivity contribution in [3.8, 4) is 17.3 Å². The van der Waals surface area contributed by atoms with Crippen LogP contribution in [-0.2, 0) is 6.42 Å². The zero-order chi connectivity index (χ0) is 21.5. The van der Waals surface area contributed by atoms with E-state index in [1.54, 1.807) is 24.3 Å². The Labute approximate surface area is 177 Å². The number of hydrogen-bond donors (Lipinski definition) is 4. The fraction of sp³-hybridized carbons (Fsp3) is 0.217. The molecule has 1 atom stereocenters. The second kappa shape index (κ2) is 7.48. The fourth-order valence-corrected chi connectivity index (χ4v) is 4.45. The molecule has 0 amide bonds. The highest BCUT2D eigenvalue weighted by Crippen LogP contribution is 2.32. The number of benzene rings is 2. The van der Waals surface area contributed by atoms with Crippen LogP contribution in [0.3, 0.4) is 0 Å². The molecule has 0 spiro atoms. The monoisotopic (exact) mass is 419 g/mol. The SMILES string of the molecule is CCOc1ccc(-n2c(O)c([C@H]3[NH2+]CCc4c3[nH]c3ccccc43)c(=O)[nH]c2=O)cc1.